The standard InChI is InChI=1S/C8H18O3/c1-4-10-8(11-5-2)6-7-9-3/h8H,4-7H2,1-3H3. The van der Waals surface area contributed by atoms with Crippen LogP contribution in [0, 0.1) is 0 Å². The first-order valence-electron chi connectivity index (χ1n) is 4.07. The van der Waals surface area contributed by atoms with E-state index in [2.05, 4.69) is 0 Å². The molecule has 0 saturated heterocycles. The molecular weight excluding hydrogens is 144 g/mol. The summed E-state index contributed by atoms with van der Waals surface area (Å²) >= 11 is 0. The number of ether oxygens (including phenoxy) is 3. The van der Waals surface area contributed by atoms with Crippen LogP contribution in [0.3, 0.4) is 0 Å². The molecule has 0 heterocycles. The minimum Gasteiger partial charge on any atom is -0.384 e. The summed E-state index contributed by atoms with van der Waals surface area (Å²) in [4.78, 5) is 0. The fraction of sp³-hybridized carbons (Fsp3) is 1.00. The molecule has 0 atom stereocenters. The van der Waals surface area contributed by atoms with Crippen LogP contribution < -0.4 is 0 Å². The highest BCUT2D eigenvalue weighted by atomic mass is 16.7. The third kappa shape index (κ3) is 6.28. The van der Waals surface area contributed by atoms with Crippen molar-refractivity contribution < 1.29 is 14.2 Å². The van der Waals surface area contributed by atoms with Crippen LogP contribution in [0.4, 0.5) is 0 Å². The third-order valence-electron chi connectivity index (χ3n) is 1.26. The van der Waals surface area contributed by atoms with Gasteiger partial charge in [-0.25, -0.2) is 0 Å². The van der Waals surface area contributed by atoms with Crippen LogP contribution in [-0.2, 0) is 14.2 Å². The summed E-state index contributed by atoms with van der Waals surface area (Å²) in [5.41, 5.74) is 0. The van der Waals surface area contributed by atoms with Gasteiger partial charge in [-0.2, -0.15) is 0 Å². The topological polar surface area (TPSA) is 27.7 Å². The molecule has 0 aromatic rings. The second-order valence-corrected chi connectivity index (χ2v) is 2.12. The molecule has 0 aliphatic heterocycles. The zero-order chi connectivity index (χ0) is 8.53. The van der Waals surface area contributed by atoms with Gasteiger partial charge in [0.05, 0.1) is 6.61 Å². The molecule has 0 N–H and O–H groups in total. The Morgan fingerprint density at radius 3 is 2.00 bits per heavy atom. The first-order valence-corrected chi connectivity index (χ1v) is 4.07. The van der Waals surface area contributed by atoms with Gasteiger partial charge in [0.25, 0.3) is 0 Å². The molecule has 0 amide bonds. The first kappa shape index (κ1) is 10.9. The van der Waals surface area contributed by atoms with Gasteiger partial charge in [-0.05, 0) is 13.8 Å². The second-order valence-electron chi connectivity index (χ2n) is 2.12. The summed E-state index contributed by atoms with van der Waals surface area (Å²) in [5.74, 6) is 0. The Kier molecular flexibility index (Phi) is 7.89. The molecule has 11 heavy (non-hydrogen) atoms. The third-order valence-corrected chi connectivity index (χ3v) is 1.26. The van der Waals surface area contributed by atoms with E-state index in [1.54, 1.807) is 7.11 Å². The molecule has 0 fully saturated rings. The van der Waals surface area contributed by atoms with Crippen molar-refractivity contribution in [3.05, 3.63) is 0 Å². The summed E-state index contributed by atoms with van der Waals surface area (Å²) in [6, 6.07) is 0. The zero-order valence-electron chi connectivity index (χ0n) is 7.63. The van der Waals surface area contributed by atoms with E-state index >= 15 is 0 Å². The van der Waals surface area contributed by atoms with Crippen LogP contribution in [-0.4, -0.2) is 33.2 Å². The molecule has 0 rings (SSSR count). The summed E-state index contributed by atoms with van der Waals surface area (Å²) < 4.78 is 15.5. The van der Waals surface area contributed by atoms with Gasteiger partial charge in [-0.15, -0.1) is 0 Å². The van der Waals surface area contributed by atoms with Crippen molar-refractivity contribution >= 4 is 0 Å². The Hall–Kier alpha value is -0.120. The molecule has 0 aromatic carbocycles. The zero-order valence-corrected chi connectivity index (χ0v) is 7.63. The monoisotopic (exact) mass is 162 g/mol. The van der Waals surface area contributed by atoms with E-state index < -0.39 is 0 Å². The predicted molar refractivity (Wildman–Crippen MR) is 43.5 cm³/mol. The summed E-state index contributed by atoms with van der Waals surface area (Å²) in [6.07, 6.45) is 0.711. The van der Waals surface area contributed by atoms with Crippen molar-refractivity contribution in [2.75, 3.05) is 26.9 Å². The van der Waals surface area contributed by atoms with E-state index in [1.807, 2.05) is 13.8 Å². The maximum atomic E-state index is 5.28. The smallest absolute Gasteiger partial charge is 0.159 e. The van der Waals surface area contributed by atoms with Gasteiger partial charge >= 0.3 is 0 Å². The Labute approximate surface area is 68.6 Å². The highest BCUT2D eigenvalue weighted by Crippen LogP contribution is 2.00. The molecule has 0 aliphatic carbocycles. The van der Waals surface area contributed by atoms with Crippen LogP contribution in [0.5, 0.6) is 0 Å². The average Bonchev–Trinajstić information content (AvgIpc) is 2.01. The van der Waals surface area contributed by atoms with Crippen LogP contribution in [0.15, 0.2) is 0 Å². The molecule has 0 aliphatic rings. The second kappa shape index (κ2) is 7.98. The SMILES string of the molecule is CCOC(CCOC)OCC. The molecular formula is C8H18O3. The molecule has 0 unspecified atom stereocenters. The van der Waals surface area contributed by atoms with E-state index in [1.165, 1.54) is 0 Å². The first-order chi connectivity index (χ1) is 5.35. The molecule has 0 radical (unpaired) electrons. The normalized spacial score (nSPS) is 10.9. The lowest BCUT2D eigenvalue weighted by molar-refractivity contribution is -0.145. The Bertz CT molecular complexity index is 69.7. The molecule has 0 bridgehead atoms. The number of hydrogen-bond acceptors (Lipinski definition) is 3. The molecule has 3 nitrogen and oxygen atoms in total. The largest absolute Gasteiger partial charge is 0.384 e. The molecule has 68 valence electrons. The van der Waals surface area contributed by atoms with Gasteiger partial charge in [0, 0.05) is 26.7 Å². The Morgan fingerprint density at radius 1 is 1.09 bits per heavy atom. The van der Waals surface area contributed by atoms with E-state index in [4.69, 9.17) is 14.2 Å². The van der Waals surface area contributed by atoms with Crippen molar-refractivity contribution in [3.63, 3.8) is 0 Å². The van der Waals surface area contributed by atoms with Crippen LogP contribution in [0.2, 0.25) is 0 Å². The van der Waals surface area contributed by atoms with E-state index in [-0.39, 0.29) is 6.29 Å². The van der Waals surface area contributed by atoms with Crippen LogP contribution >= 0.6 is 0 Å². The lowest BCUT2D eigenvalue weighted by Crippen LogP contribution is -2.19. The Morgan fingerprint density at radius 2 is 1.64 bits per heavy atom. The van der Waals surface area contributed by atoms with Gasteiger partial charge in [0.15, 0.2) is 6.29 Å². The van der Waals surface area contributed by atoms with Gasteiger partial charge in [-0.3, -0.25) is 0 Å². The summed E-state index contributed by atoms with van der Waals surface area (Å²) in [6.45, 7) is 5.98. The maximum absolute atomic E-state index is 5.28. The highest BCUT2D eigenvalue weighted by molar-refractivity contribution is 4.42. The van der Waals surface area contributed by atoms with E-state index in [0.29, 0.717) is 19.8 Å². The van der Waals surface area contributed by atoms with Gasteiger partial charge in [-0.1, -0.05) is 0 Å². The van der Waals surface area contributed by atoms with Gasteiger partial charge in [0.1, 0.15) is 0 Å². The minimum atomic E-state index is -0.0926. The fourth-order valence-electron chi connectivity index (χ4n) is 0.801. The van der Waals surface area contributed by atoms with Gasteiger partial charge in [0.2, 0.25) is 0 Å². The highest BCUT2D eigenvalue weighted by Gasteiger charge is 2.05. The minimum absolute atomic E-state index is 0.0926. The van der Waals surface area contributed by atoms with Crippen LogP contribution in [0.1, 0.15) is 20.3 Å². The molecule has 0 spiro atoms. The van der Waals surface area contributed by atoms with E-state index in [0.717, 1.165) is 6.42 Å². The lowest BCUT2D eigenvalue weighted by atomic mass is 10.4. The number of hydrogen-bond donors (Lipinski definition) is 0. The summed E-state index contributed by atoms with van der Waals surface area (Å²) in [7, 11) is 1.68. The predicted octanol–water partition coefficient (Wildman–Crippen LogP) is 1.42. The molecule has 3 heteroatoms. The van der Waals surface area contributed by atoms with Crippen molar-refractivity contribution in [1.82, 2.24) is 0 Å². The van der Waals surface area contributed by atoms with Crippen molar-refractivity contribution in [2.45, 2.75) is 26.6 Å². The van der Waals surface area contributed by atoms with Gasteiger partial charge < -0.3 is 14.2 Å². The van der Waals surface area contributed by atoms with Crippen molar-refractivity contribution in [1.29, 1.82) is 0 Å². The number of rotatable bonds is 7. The molecule has 0 saturated carbocycles. The lowest BCUT2D eigenvalue weighted by Gasteiger charge is -2.15. The maximum Gasteiger partial charge on any atom is 0.159 e. The summed E-state index contributed by atoms with van der Waals surface area (Å²) in [5, 5.41) is 0. The molecule has 0 aromatic heterocycles. The average molecular weight is 162 g/mol. The van der Waals surface area contributed by atoms with Crippen molar-refractivity contribution in [2.24, 2.45) is 0 Å². The fourth-order valence-corrected chi connectivity index (χ4v) is 0.801. The Balaban J connectivity index is 3.34. The van der Waals surface area contributed by atoms with Crippen molar-refractivity contribution in [3.8, 4) is 0 Å². The van der Waals surface area contributed by atoms with Crippen LogP contribution in [0.25, 0.3) is 0 Å². The van der Waals surface area contributed by atoms with E-state index in [9.17, 15) is 0 Å². The number of methoxy groups -OCH3 is 1. The quantitative estimate of drug-likeness (QED) is 0.530.